The summed E-state index contributed by atoms with van der Waals surface area (Å²) in [5.74, 6) is -1.23. The largest absolute Gasteiger partial charge is 0.478 e. The number of rotatable bonds is 4. The summed E-state index contributed by atoms with van der Waals surface area (Å²) in [6, 6.07) is 4.25. The molecule has 1 amide bonds. The molecule has 7 heteroatoms. The van der Waals surface area contributed by atoms with Gasteiger partial charge in [0.05, 0.1) is 22.2 Å². The van der Waals surface area contributed by atoms with Gasteiger partial charge in [-0.15, -0.1) is 0 Å². The minimum Gasteiger partial charge on any atom is -0.478 e. The number of benzene rings is 1. The number of hydrogen-bond donors (Lipinski definition) is 2. The molecule has 2 rings (SSSR count). The monoisotopic (exact) mass is 322 g/mol. The first-order valence-electron chi connectivity index (χ1n) is 6.57. The van der Waals surface area contributed by atoms with Crippen molar-refractivity contribution in [2.75, 3.05) is 5.32 Å². The van der Waals surface area contributed by atoms with E-state index in [-0.39, 0.29) is 16.5 Å². The van der Waals surface area contributed by atoms with Crippen LogP contribution in [-0.4, -0.2) is 22.1 Å². The minimum atomic E-state index is -1.12. The number of anilines is 1. The van der Waals surface area contributed by atoms with Gasteiger partial charge in [0.1, 0.15) is 5.76 Å². The molecular weight excluding hydrogens is 308 g/mol. The van der Waals surface area contributed by atoms with Crippen molar-refractivity contribution < 1.29 is 19.2 Å². The fourth-order valence-corrected chi connectivity index (χ4v) is 2.52. The van der Waals surface area contributed by atoms with Crippen LogP contribution in [0.1, 0.15) is 40.2 Å². The number of nitrogens with zero attached hydrogens (tertiary/aromatic N) is 1. The zero-order chi connectivity index (χ0) is 16.4. The van der Waals surface area contributed by atoms with Crippen LogP contribution in [0, 0.1) is 13.8 Å². The molecule has 116 valence electrons. The lowest BCUT2D eigenvalue weighted by Crippen LogP contribution is -2.19. The molecule has 2 N–H and O–H groups in total. The van der Waals surface area contributed by atoms with Crippen molar-refractivity contribution in [3.05, 3.63) is 45.8 Å². The Balaban J connectivity index is 2.19. The highest BCUT2D eigenvalue weighted by Crippen LogP contribution is 2.26. The van der Waals surface area contributed by atoms with Crippen LogP contribution in [0.5, 0.6) is 0 Å². The molecule has 0 fully saturated rings. The fourth-order valence-electron chi connectivity index (χ4n) is 2.26. The molecule has 1 aromatic heterocycles. The normalized spacial score (nSPS) is 12.0. The Hall–Kier alpha value is -2.34. The Morgan fingerprint density at radius 3 is 2.55 bits per heavy atom. The summed E-state index contributed by atoms with van der Waals surface area (Å²) in [5, 5.41) is 15.5. The van der Waals surface area contributed by atoms with Gasteiger partial charge >= 0.3 is 5.97 Å². The molecule has 0 bridgehead atoms. The molecule has 1 aromatic carbocycles. The second kappa shape index (κ2) is 6.19. The number of aromatic carboxylic acids is 1. The molecule has 0 aliphatic carbocycles. The Kier molecular flexibility index (Phi) is 4.51. The quantitative estimate of drug-likeness (QED) is 0.900. The number of carbonyl (C=O) groups is 2. The van der Waals surface area contributed by atoms with E-state index in [2.05, 4.69) is 10.5 Å². The second-order valence-corrected chi connectivity index (χ2v) is 5.36. The lowest BCUT2D eigenvalue weighted by atomic mass is 9.98. The van der Waals surface area contributed by atoms with Crippen LogP contribution in [0.3, 0.4) is 0 Å². The topological polar surface area (TPSA) is 92.4 Å². The van der Waals surface area contributed by atoms with Crippen LogP contribution >= 0.6 is 11.6 Å². The van der Waals surface area contributed by atoms with Crippen LogP contribution in [0.2, 0.25) is 5.02 Å². The lowest BCUT2D eigenvalue weighted by Gasteiger charge is -2.12. The van der Waals surface area contributed by atoms with E-state index in [1.54, 1.807) is 20.8 Å². The van der Waals surface area contributed by atoms with E-state index in [0.29, 0.717) is 17.1 Å². The Bertz CT molecular complexity index is 720. The number of hydrogen-bond acceptors (Lipinski definition) is 4. The first kappa shape index (κ1) is 16.0. The van der Waals surface area contributed by atoms with E-state index in [0.717, 1.165) is 5.56 Å². The van der Waals surface area contributed by atoms with E-state index in [9.17, 15) is 9.59 Å². The first-order valence-corrected chi connectivity index (χ1v) is 6.95. The van der Waals surface area contributed by atoms with Gasteiger partial charge in [0.15, 0.2) is 0 Å². The molecule has 1 atom stereocenters. The maximum atomic E-state index is 12.3. The Morgan fingerprint density at radius 1 is 1.36 bits per heavy atom. The highest BCUT2D eigenvalue weighted by atomic mass is 35.5. The molecule has 1 heterocycles. The summed E-state index contributed by atoms with van der Waals surface area (Å²) in [6.45, 7) is 5.26. The van der Waals surface area contributed by atoms with Gasteiger partial charge in [0.25, 0.3) is 0 Å². The predicted octanol–water partition coefficient (Wildman–Crippen LogP) is 3.39. The number of aromatic nitrogens is 1. The minimum absolute atomic E-state index is 0.0153. The molecule has 0 spiro atoms. The van der Waals surface area contributed by atoms with Crippen LogP contribution in [-0.2, 0) is 4.79 Å². The molecule has 22 heavy (non-hydrogen) atoms. The smallest absolute Gasteiger partial charge is 0.337 e. The average molecular weight is 323 g/mol. The Labute approximate surface area is 132 Å². The molecule has 0 unspecified atom stereocenters. The molecule has 0 saturated carbocycles. The summed E-state index contributed by atoms with van der Waals surface area (Å²) >= 11 is 5.88. The lowest BCUT2D eigenvalue weighted by molar-refractivity contribution is -0.117. The molecule has 0 aliphatic rings. The summed E-state index contributed by atoms with van der Waals surface area (Å²) in [5.41, 5.74) is 1.82. The molecule has 0 radical (unpaired) electrons. The average Bonchev–Trinajstić information content (AvgIpc) is 2.77. The summed E-state index contributed by atoms with van der Waals surface area (Å²) in [4.78, 5) is 23.2. The maximum absolute atomic E-state index is 12.3. The summed E-state index contributed by atoms with van der Waals surface area (Å²) in [6.07, 6.45) is 0. The maximum Gasteiger partial charge on any atom is 0.337 e. The number of nitrogens with one attached hydrogen (secondary N) is 1. The van der Waals surface area contributed by atoms with E-state index >= 15 is 0 Å². The number of carboxylic acids is 1. The third-order valence-corrected chi connectivity index (χ3v) is 3.69. The van der Waals surface area contributed by atoms with Crippen molar-refractivity contribution in [1.82, 2.24) is 5.16 Å². The number of carbonyl (C=O) groups excluding carboxylic acids is 1. The standard InChI is InChI=1S/C15H15ClN2O4/c1-7(13-8(2)18-22-9(13)3)14(19)17-10-4-5-11(15(20)21)12(16)6-10/h4-7H,1-3H3,(H,17,19)(H,20,21)/t7-/m1/s1. The van der Waals surface area contributed by atoms with Crippen molar-refractivity contribution in [3.63, 3.8) is 0 Å². The molecule has 0 saturated heterocycles. The van der Waals surface area contributed by atoms with Crippen molar-refractivity contribution in [3.8, 4) is 0 Å². The zero-order valence-corrected chi connectivity index (χ0v) is 13.1. The third-order valence-electron chi connectivity index (χ3n) is 3.38. The highest BCUT2D eigenvalue weighted by Gasteiger charge is 2.23. The number of aryl methyl sites for hydroxylation is 2. The number of amides is 1. The second-order valence-electron chi connectivity index (χ2n) is 4.95. The van der Waals surface area contributed by atoms with Crippen LogP contribution in [0.25, 0.3) is 0 Å². The van der Waals surface area contributed by atoms with Gasteiger partial charge in [0, 0.05) is 11.3 Å². The third kappa shape index (κ3) is 3.12. The van der Waals surface area contributed by atoms with Crippen LogP contribution in [0.4, 0.5) is 5.69 Å². The van der Waals surface area contributed by atoms with E-state index in [1.807, 2.05) is 0 Å². The molecular formula is C15H15ClN2O4. The zero-order valence-electron chi connectivity index (χ0n) is 12.3. The van der Waals surface area contributed by atoms with Gasteiger partial charge < -0.3 is 14.9 Å². The number of halogens is 1. The van der Waals surface area contributed by atoms with Crippen LogP contribution < -0.4 is 5.32 Å². The van der Waals surface area contributed by atoms with E-state index in [4.69, 9.17) is 21.2 Å². The van der Waals surface area contributed by atoms with Gasteiger partial charge in [-0.25, -0.2) is 4.79 Å². The van der Waals surface area contributed by atoms with Crippen LogP contribution in [0.15, 0.2) is 22.7 Å². The predicted molar refractivity (Wildman–Crippen MR) is 81.4 cm³/mol. The molecule has 0 aliphatic heterocycles. The van der Waals surface area contributed by atoms with Gasteiger partial charge in [0.2, 0.25) is 5.91 Å². The van der Waals surface area contributed by atoms with Crippen molar-refractivity contribution in [2.45, 2.75) is 26.7 Å². The first-order chi connectivity index (χ1) is 10.3. The Morgan fingerprint density at radius 2 is 2.05 bits per heavy atom. The molecule has 6 nitrogen and oxygen atoms in total. The van der Waals surface area contributed by atoms with Gasteiger partial charge in [-0.3, -0.25) is 4.79 Å². The van der Waals surface area contributed by atoms with Crippen molar-refractivity contribution in [1.29, 1.82) is 0 Å². The highest BCUT2D eigenvalue weighted by molar-refractivity contribution is 6.33. The molecule has 2 aromatic rings. The van der Waals surface area contributed by atoms with E-state index < -0.39 is 11.9 Å². The number of carboxylic acid groups (broad SMARTS) is 1. The fraction of sp³-hybridized carbons (Fsp3) is 0.267. The SMILES string of the molecule is Cc1noc(C)c1[C@@H](C)C(=O)Nc1ccc(C(=O)O)c(Cl)c1. The summed E-state index contributed by atoms with van der Waals surface area (Å²) < 4.78 is 5.06. The van der Waals surface area contributed by atoms with Gasteiger partial charge in [-0.1, -0.05) is 16.8 Å². The van der Waals surface area contributed by atoms with Gasteiger partial charge in [-0.05, 0) is 39.0 Å². The van der Waals surface area contributed by atoms with Crippen molar-refractivity contribution >= 4 is 29.2 Å². The van der Waals surface area contributed by atoms with Gasteiger partial charge in [-0.2, -0.15) is 0 Å². The summed E-state index contributed by atoms with van der Waals surface area (Å²) in [7, 11) is 0. The van der Waals surface area contributed by atoms with Crippen molar-refractivity contribution in [2.24, 2.45) is 0 Å². The van der Waals surface area contributed by atoms with E-state index in [1.165, 1.54) is 18.2 Å².